The third-order valence-corrected chi connectivity index (χ3v) is 3.33. The van der Waals surface area contributed by atoms with E-state index in [1.807, 2.05) is 48.5 Å². The van der Waals surface area contributed by atoms with E-state index in [0.717, 1.165) is 16.7 Å². The normalized spacial score (nSPS) is 10.5. The van der Waals surface area contributed by atoms with Gasteiger partial charge in [0.2, 0.25) is 0 Å². The molecule has 104 valence electrons. The molecule has 0 radical (unpaired) electrons. The monoisotopic (exact) mass is 298 g/mol. The Morgan fingerprint density at radius 3 is 2.38 bits per heavy atom. The molecule has 3 rings (SSSR count). The SMILES string of the molecule is NC(=O)c1n[nH]nc1-c1ccc(-c2cccc(Cl)c2)cc1. The van der Waals surface area contributed by atoms with Crippen LogP contribution in [0.5, 0.6) is 0 Å². The highest BCUT2D eigenvalue weighted by Crippen LogP contribution is 2.26. The van der Waals surface area contributed by atoms with Crippen molar-refractivity contribution in [2.75, 3.05) is 0 Å². The average Bonchev–Trinajstić information content (AvgIpc) is 2.97. The molecule has 5 nitrogen and oxygen atoms in total. The van der Waals surface area contributed by atoms with E-state index in [1.165, 1.54) is 0 Å². The molecule has 3 N–H and O–H groups in total. The summed E-state index contributed by atoms with van der Waals surface area (Å²) in [6.45, 7) is 0. The summed E-state index contributed by atoms with van der Waals surface area (Å²) in [7, 11) is 0. The first-order chi connectivity index (χ1) is 10.1. The van der Waals surface area contributed by atoms with E-state index in [9.17, 15) is 4.79 Å². The van der Waals surface area contributed by atoms with Gasteiger partial charge < -0.3 is 5.73 Å². The number of primary amides is 1. The third kappa shape index (κ3) is 2.64. The molecule has 1 amide bonds. The van der Waals surface area contributed by atoms with Crippen LogP contribution < -0.4 is 5.73 Å². The summed E-state index contributed by atoms with van der Waals surface area (Å²) < 4.78 is 0. The maximum Gasteiger partial charge on any atom is 0.271 e. The number of benzene rings is 2. The molecule has 0 saturated carbocycles. The van der Waals surface area contributed by atoms with E-state index in [2.05, 4.69) is 15.4 Å². The summed E-state index contributed by atoms with van der Waals surface area (Å²) >= 11 is 5.99. The highest BCUT2D eigenvalue weighted by Gasteiger charge is 2.14. The molecular formula is C15H11ClN4O. The van der Waals surface area contributed by atoms with Gasteiger partial charge in [0.25, 0.3) is 5.91 Å². The fraction of sp³-hybridized carbons (Fsp3) is 0. The van der Waals surface area contributed by atoms with Crippen LogP contribution in [0.4, 0.5) is 0 Å². The summed E-state index contributed by atoms with van der Waals surface area (Å²) in [5.41, 5.74) is 8.64. The van der Waals surface area contributed by atoms with Crippen LogP contribution >= 0.6 is 11.6 Å². The van der Waals surface area contributed by atoms with Gasteiger partial charge in [-0.05, 0) is 23.3 Å². The molecule has 21 heavy (non-hydrogen) atoms. The first-order valence-corrected chi connectivity index (χ1v) is 6.60. The van der Waals surface area contributed by atoms with Crippen LogP contribution in [0.1, 0.15) is 10.5 Å². The van der Waals surface area contributed by atoms with E-state index >= 15 is 0 Å². The van der Waals surface area contributed by atoms with Crippen molar-refractivity contribution in [2.24, 2.45) is 5.73 Å². The van der Waals surface area contributed by atoms with Gasteiger partial charge in [-0.2, -0.15) is 15.4 Å². The van der Waals surface area contributed by atoms with Crippen molar-refractivity contribution < 1.29 is 4.79 Å². The lowest BCUT2D eigenvalue weighted by Crippen LogP contribution is -2.12. The second-order valence-electron chi connectivity index (χ2n) is 4.47. The molecule has 0 aliphatic rings. The van der Waals surface area contributed by atoms with Gasteiger partial charge in [0, 0.05) is 10.6 Å². The third-order valence-electron chi connectivity index (χ3n) is 3.10. The van der Waals surface area contributed by atoms with Gasteiger partial charge in [-0.1, -0.05) is 48.0 Å². The Kier molecular flexibility index (Phi) is 3.41. The standard InChI is InChI=1S/C15H11ClN4O/c16-12-3-1-2-11(8-12)9-4-6-10(7-5-9)13-14(15(17)21)19-20-18-13/h1-8H,(H2,17,21)(H,18,19,20). The lowest BCUT2D eigenvalue weighted by atomic mass is 10.0. The van der Waals surface area contributed by atoms with Gasteiger partial charge in [0.05, 0.1) is 0 Å². The van der Waals surface area contributed by atoms with Crippen LogP contribution in [0, 0.1) is 0 Å². The predicted octanol–water partition coefficient (Wildman–Crippen LogP) is 2.89. The number of carbonyl (C=O) groups is 1. The Morgan fingerprint density at radius 2 is 1.71 bits per heavy atom. The van der Waals surface area contributed by atoms with Crippen molar-refractivity contribution >= 4 is 17.5 Å². The zero-order valence-electron chi connectivity index (χ0n) is 10.9. The molecule has 1 aromatic heterocycles. The molecule has 0 atom stereocenters. The topological polar surface area (TPSA) is 84.7 Å². The average molecular weight is 299 g/mol. The number of amides is 1. The van der Waals surface area contributed by atoms with Crippen molar-refractivity contribution in [1.29, 1.82) is 0 Å². The molecule has 3 aromatic rings. The largest absolute Gasteiger partial charge is 0.364 e. The molecule has 0 spiro atoms. The Morgan fingerprint density at radius 1 is 1.00 bits per heavy atom. The minimum Gasteiger partial charge on any atom is -0.364 e. The predicted molar refractivity (Wildman–Crippen MR) is 80.8 cm³/mol. The summed E-state index contributed by atoms with van der Waals surface area (Å²) in [5.74, 6) is -0.613. The quantitative estimate of drug-likeness (QED) is 0.779. The molecule has 0 aliphatic heterocycles. The smallest absolute Gasteiger partial charge is 0.271 e. The number of nitrogens with two attached hydrogens (primary N) is 1. The molecule has 6 heteroatoms. The van der Waals surface area contributed by atoms with Crippen molar-refractivity contribution in [2.45, 2.75) is 0 Å². The number of halogens is 1. The Labute approximate surface area is 125 Å². The second-order valence-corrected chi connectivity index (χ2v) is 4.91. The van der Waals surface area contributed by atoms with E-state index in [4.69, 9.17) is 17.3 Å². The Hall–Kier alpha value is -2.66. The van der Waals surface area contributed by atoms with Crippen LogP contribution in [0.3, 0.4) is 0 Å². The summed E-state index contributed by atoms with van der Waals surface area (Å²) in [6.07, 6.45) is 0. The number of H-pyrrole nitrogens is 1. The number of nitrogens with one attached hydrogen (secondary N) is 1. The van der Waals surface area contributed by atoms with Gasteiger partial charge in [-0.25, -0.2) is 0 Å². The van der Waals surface area contributed by atoms with Gasteiger partial charge in [-0.15, -0.1) is 0 Å². The van der Waals surface area contributed by atoms with Crippen molar-refractivity contribution in [3.8, 4) is 22.4 Å². The maximum absolute atomic E-state index is 11.3. The van der Waals surface area contributed by atoms with E-state index in [-0.39, 0.29) is 5.69 Å². The molecule has 0 unspecified atom stereocenters. The molecular weight excluding hydrogens is 288 g/mol. The molecule has 0 saturated heterocycles. The van der Waals surface area contributed by atoms with E-state index in [0.29, 0.717) is 10.7 Å². The van der Waals surface area contributed by atoms with Crippen molar-refractivity contribution in [3.05, 3.63) is 59.2 Å². The van der Waals surface area contributed by atoms with Crippen molar-refractivity contribution in [3.63, 3.8) is 0 Å². The number of carbonyl (C=O) groups excluding carboxylic acids is 1. The van der Waals surface area contributed by atoms with Gasteiger partial charge in [-0.3, -0.25) is 4.79 Å². The van der Waals surface area contributed by atoms with Crippen LogP contribution in [0.25, 0.3) is 22.4 Å². The lowest BCUT2D eigenvalue weighted by molar-refractivity contribution is 0.0996. The van der Waals surface area contributed by atoms with E-state index < -0.39 is 5.91 Å². The van der Waals surface area contributed by atoms with Crippen LogP contribution in [-0.4, -0.2) is 21.3 Å². The number of aromatic nitrogens is 3. The fourth-order valence-corrected chi connectivity index (χ4v) is 2.28. The molecule has 1 heterocycles. The number of rotatable bonds is 3. The minimum atomic E-state index is -0.613. The highest BCUT2D eigenvalue weighted by molar-refractivity contribution is 6.30. The molecule has 0 aliphatic carbocycles. The highest BCUT2D eigenvalue weighted by atomic mass is 35.5. The number of hydrogen-bond donors (Lipinski definition) is 2. The van der Waals surface area contributed by atoms with Crippen molar-refractivity contribution in [1.82, 2.24) is 15.4 Å². The zero-order chi connectivity index (χ0) is 14.8. The minimum absolute atomic E-state index is 0.130. The lowest BCUT2D eigenvalue weighted by Gasteiger charge is -2.04. The molecule has 0 fully saturated rings. The summed E-state index contributed by atoms with van der Waals surface area (Å²) in [5, 5.41) is 10.8. The molecule has 0 bridgehead atoms. The second kappa shape index (κ2) is 5.38. The van der Waals surface area contributed by atoms with Crippen LogP contribution in [0.2, 0.25) is 5.02 Å². The van der Waals surface area contributed by atoms with Gasteiger partial charge >= 0.3 is 0 Å². The van der Waals surface area contributed by atoms with Gasteiger partial charge in [0.1, 0.15) is 5.69 Å². The Bertz CT molecular complexity index is 795. The summed E-state index contributed by atoms with van der Waals surface area (Å²) in [4.78, 5) is 11.3. The first kappa shape index (κ1) is 13.3. The zero-order valence-corrected chi connectivity index (χ0v) is 11.6. The first-order valence-electron chi connectivity index (χ1n) is 6.22. The summed E-state index contributed by atoms with van der Waals surface area (Å²) in [6, 6.07) is 15.2. The van der Waals surface area contributed by atoms with Gasteiger partial charge in [0.15, 0.2) is 5.69 Å². The maximum atomic E-state index is 11.3. The Balaban J connectivity index is 1.98. The van der Waals surface area contributed by atoms with E-state index in [1.54, 1.807) is 0 Å². The number of hydrogen-bond acceptors (Lipinski definition) is 3. The fourth-order valence-electron chi connectivity index (χ4n) is 2.09. The van der Waals surface area contributed by atoms with Crippen LogP contribution in [-0.2, 0) is 0 Å². The number of aromatic amines is 1. The van der Waals surface area contributed by atoms with Crippen LogP contribution in [0.15, 0.2) is 48.5 Å². The number of nitrogens with zero attached hydrogens (tertiary/aromatic N) is 2. The molecule has 2 aromatic carbocycles.